The van der Waals surface area contributed by atoms with Gasteiger partial charge in [0.25, 0.3) is 10.0 Å². The molecule has 1 aromatic heterocycles. The average Bonchev–Trinajstić information content (AvgIpc) is 3.34. The van der Waals surface area contributed by atoms with Crippen molar-refractivity contribution >= 4 is 27.3 Å². The maximum atomic E-state index is 12.7. The van der Waals surface area contributed by atoms with Gasteiger partial charge < -0.3 is 4.90 Å². The molecule has 0 radical (unpaired) electrons. The van der Waals surface area contributed by atoms with E-state index in [4.69, 9.17) is 0 Å². The van der Waals surface area contributed by atoms with Gasteiger partial charge in [0.15, 0.2) is 0 Å². The summed E-state index contributed by atoms with van der Waals surface area (Å²) in [5, 5.41) is 0. The number of fused-ring (bicyclic) bond motifs is 1. The summed E-state index contributed by atoms with van der Waals surface area (Å²) in [6, 6.07) is 11.6. The van der Waals surface area contributed by atoms with Crippen LogP contribution in [0, 0.1) is 0 Å². The molecule has 0 aliphatic carbocycles. The first-order valence-corrected chi connectivity index (χ1v) is 11.2. The molecule has 2 aromatic rings. The molecule has 1 saturated heterocycles. The third kappa shape index (κ3) is 3.43. The minimum atomic E-state index is -3.39. The fourth-order valence-corrected chi connectivity index (χ4v) is 6.64. The van der Waals surface area contributed by atoms with Gasteiger partial charge in [-0.3, -0.25) is 4.79 Å². The zero-order chi connectivity index (χ0) is 18.1. The van der Waals surface area contributed by atoms with Crippen molar-refractivity contribution < 1.29 is 13.2 Å². The molecule has 2 aliphatic rings. The van der Waals surface area contributed by atoms with Crippen LogP contribution in [0.2, 0.25) is 0 Å². The number of carbonyl (C=O) groups excluding carboxylic acids is 1. The first kappa shape index (κ1) is 17.7. The van der Waals surface area contributed by atoms with Gasteiger partial charge in [0.2, 0.25) is 5.91 Å². The van der Waals surface area contributed by atoms with Crippen LogP contribution in [-0.4, -0.2) is 43.2 Å². The van der Waals surface area contributed by atoms with E-state index in [1.54, 1.807) is 16.4 Å². The number of nitrogens with zero attached hydrogens (tertiary/aromatic N) is 2. The highest BCUT2D eigenvalue weighted by Crippen LogP contribution is 2.28. The van der Waals surface area contributed by atoms with Crippen LogP contribution in [0.1, 0.15) is 28.8 Å². The predicted molar refractivity (Wildman–Crippen MR) is 102 cm³/mol. The van der Waals surface area contributed by atoms with Gasteiger partial charge in [0, 0.05) is 31.1 Å². The second kappa shape index (κ2) is 7.13. The number of hydrogen-bond acceptors (Lipinski definition) is 4. The van der Waals surface area contributed by atoms with Gasteiger partial charge in [0.1, 0.15) is 4.21 Å². The Morgan fingerprint density at radius 3 is 2.50 bits per heavy atom. The highest BCUT2D eigenvalue weighted by Gasteiger charge is 2.29. The molecule has 0 bridgehead atoms. The molecule has 138 valence electrons. The molecule has 0 N–H and O–H groups in total. The van der Waals surface area contributed by atoms with Crippen molar-refractivity contribution in [3.05, 3.63) is 52.4 Å². The highest BCUT2D eigenvalue weighted by molar-refractivity contribution is 7.91. The van der Waals surface area contributed by atoms with E-state index in [-0.39, 0.29) is 12.3 Å². The molecule has 2 aliphatic heterocycles. The number of hydrogen-bond donors (Lipinski definition) is 0. The zero-order valence-corrected chi connectivity index (χ0v) is 16.2. The lowest BCUT2D eigenvalue weighted by atomic mass is 10.00. The third-order valence-corrected chi connectivity index (χ3v) is 8.56. The number of sulfonamides is 1. The van der Waals surface area contributed by atoms with E-state index in [1.165, 1.54) is 22.5 Å². The second-order valence-corrected chi connectivity index (χ2v) is 10.2. The first-order chi connectivity index (χ1) is 12.5. The minimum absolute atomic E-state index is 0.0615. The molecular formula is C19H22N2O3S2. The van der Waals surface area contributed by atoms with Crippen LogP contribution in [0.25, 0.3) is 0 Å². The van der Waals surface area contributed by atoms with Crippen molar-refractivity contribution in [2.24, 2.45) is 0 Å². The summed E-state index contributed by atoms with van der Waals surface area (Å²) in [6.45, 7) is 2.56. The lowest BCUT2D eigenvalue weighted by Gasteiger charge is -2.28. The Morgan fingerprint density at radius 1 is 1.00 bits per heavy atom. The van der Waals surface area contributed by atoms with Crippen LogP contribution in [0.4, 0.5) is 0 Å². The van der Waals surface area contributed by atoms with E-state index in [1.807, 2.05) is 17.0 Å². The highest BCUT2D eigenvalue weighted by atomic mass is 32.2. The third-order valence-electron chi connectivity index (χ3n) is 5.10. The van der Waals surface area contributed by atoms with Gasteiger partial charge >= 0.3 is 0 Å². The monoisotopic (exact) mass is 390 g/mol. The molecule has 0 spiro atoms. The van der Waals surface area contributed by atoms with Crippen molar-refractivity contribution in [3.63, 3.8) is 0 Å². The molecule has 0 atom stereocenters. The van der Waals surface area contributed by atoms with Crippen LogP contribution in [-0.2, 0) is 34.2 Å². The number of amides is 1. The van der Waals surface area contributed by atoms with E-state index in [0.29, 0.717) is 23.8 Å². The Hall–Kier alpha value is -1.70. The number of rotatable bonds is 4. The van der Waals surface area contributed by atoms with Gasteiger partial charge in [-0.2, -0.15) is 4.31 Å². The van der Waals surface area contributed by atoms with Gasteiger partial charge in [-0.25, -0.2) is 8.42 Å². The fourth-order valence-electron chi connectivity index (χ4n) is 3.62. The molecule has 1 fully saturated rings. The van der Waals surface area contributed by atoms with Crippen LogP contribution < -0.4 is 0 Å². The van der Waals surface area contributed by atoms with Crippen molar-refractivity contribution in [2.45, 2.75) is 36.4 Å². The molecule has 26 heavy (non-hydrogen) atoms. The molecule has 7 heteroatoms. The van der Waals surface area contributed by atoms with Crippen LogP contribution in [0.3, 0.4) is 0 Å². The Kier molecular flexibility index (Phi) is 4.86. The number of thiophene rings is 1. The van der Waals surface area contributed by atoms with E-state index in [9.17, 15) is 13.2 Å². The van der Waals surface area contributed by atoms with E-state index < -0.39 is 10.0 Å². The van der Waals surface area contributed by atoms with Gasteiger partial charge in [-0.15, -0.1) is 11.3 Å². The van der Waals surface area contributed by atoms with Crippen LogP contribution in [0.15, 0.2) is 40.6 Å². The maximum absolute atomic E-state index is 12.7. The van der Waals surface area contributed by atoms with E-state index in [0.717, 1.165) is 30.7 Å². The summed E-state index contributed by atoms with van der Waals surface area (Å²) >= 11 is 1.23. The quantitative estimate of drug-likeness (QED) is 0.806. The van der Waals surface area contributed by atoms with Crippen LogP contribution in [0.5, 0.6) is 0 Å². The lowest BCUT2D eigenvalue weighted by Crippen LogP contribution is -2.36. The van der Waals surface area contributed by atoms with Gasteiger partial charge in [0.05, 0.1) is 6.42 Å². The summed E-state index contributed by atoms with van der Waals surface area (Å²) in [6.07, 6.45) is 2.99. The van der Waals surface area contributed by atoms with Crippen molar-refractivity contribution in [2.75, 3.05) is 19.6 Å². The summed E-state index contributed by atoms with van der Waals surface area (Å²) < 4.78 is 27.1. The normalized spacial score (nSPS) is 18.1. The predicted octanol–water partition coefficient (Wildman–Crippen LogP) is 2.66. The largest absolute Gasteiger partial charge is 0.338 e. The SMILES string of the molecule is O=C(Cc1ccc(S(=O)(=O)N2CCCC2)s1)N1CCc2ccccc2C1. The second-order valence-electron chi connectivity index (χ2n) is 6.84. The first-order valence-electron chi connectivity index (χ1n) is 8.97. The Labute approximate surface area is 158 Å². The van der Waals surface area contributed by atoms with Gasteiger partial charge in [-0.05, 0) is 42.5 Å². The molecule has 3 heterocycles. The molecular weight excluding hydrogens is 368 g/mol. The average molecular weight is 391 g/mol. The lowest BCUT2D eigenvalue weighted by molar-refractivity contribution is -0.131. The fraction of sp³-hybridized carbons (Fsp3) is 0.421. The van der Waals surface area contributed by atoms with Crippen molar-refractivity contribution in [3.8, 4) is 0 Å². The molecule has 1 aromatic carbocycles. The van der Waals surface area contributed by atoms with E-state index >= 15 is 0 Å². The molecule has 0 saturated carbocycles. The number of benzene rings is 1. The molecule has 4 rings (SSSR count). The Morgan fingerprint density at radius 2 is 1.73 bits per heavy atom. The van der Waals surface area contributed by atoms with Crippen molar-refractivity contribution in [1.29, 1.82) is 0 Å². The summed E-state index contributed by atoms with van der Waals surface area (Å²) in [5.41, 5.74) is 2.52. The molecule has 5 nitrogen and oxygen atoms in total. The van der Waals surface area contributed by atoms with Gasteiger partial charge in [-0.1, -0.05) is 24.3 Å². The molecule has 1 amide bonds. The smallest absolute Gasteiger partial charge is 0.252 e. The zero-order valence-electron chi connectivity index (χ0n) is 14.6. The summed E-state index contributed by atoms with van der Waals surface area (Å²) in [7, 11) is -3.39. The van der Waals surface area contributed by atoms with E-state index in [2.05, 4.69) is 12.1 Å². The summed E-state index contributed by atoms with van der Waals surface area (Å²) in [4.78, 5) is 15.3. The standard InChI is InChI=1S/C19H22N2O3S2/c22-18(20-12-9-15-5-1-2-6-16(15)14-20)13-17-7-8-19(25-17)26(23,24)21-10-3-4-11-21/h1-2,5-8H,3-4,9-14H2. The Balaban J connectivity index is 1.44. The maximum Gasteiger partial charge on any atom is 0.252 e. The van der Waals surface area contributed by atoms with Crippen LogP contribution >= 0.6 is 11.3 Å². The number of carbonyl (C=O) groups is 1. The van der Waals surface area contributed by atoms with Crippen molar-refractivity contribution in [1.82, 2.24) is 9.21 Å². The Bertz CT molecular complexity index is 914. The topological polar surface area (TPSA) is 57.7 Å². The summed E-state index contributed by atoms with van der Waals surface area (Å²) in [5.74, 6) is 0.0615. The minimum Gasteiger partial charge on any atom is -0.338 e. The molecule has 0 unspecified atom stereocenters.